The van der Waals surface area contributed by atoms with Crippen LogP contribution in [-0.4, -0.2) is 23.0 Å². The van der Waals surface area contributed by atoms with Crippen molar-refractivity contribution in [2.75, 3.05) is 0 Å². The van der Waals surface area contributed by atoms with E-state index in [0.717, 1.165) is 5.92 Å². The summed E-state index contributed by atoms with van der Waals surface area (Å²) < 4.78 is 1.64. The summed E-state index contributed by atoms with van der Waals surface area (Å²) in [4.78, 5) is 0. The summed E-state index contributed by atoms with van der Waals surface area (Å²) >= 11 is 0.608. The van der Waals surface area contributed by atoms with E-state index in [0.29, 0.717) is 15.0 Å². The van der Waals surface area contributed by atoms with Crippen molar-refractivity contribution in [2.24, 2.45) is 5.92 Å². The average Bonchev–Trinajstić information content (AvgIpc) is 2.90. The first-order chi connectivity index (χ1) is 10.5. The van der Waals surface area contributed by atoms with Gasteiger partial charge < -0.3 is 0 Å². The Kier molecular flexibility index (Phi) is 4.72. The van der Waals surface area contributed by atoms with Crippen LogP contribution in [0.4, 0.5) is 0 Å². The summed E-state index contributed by atoms with van der Waals surface area (Å²) in [5.74, 6) is 0.768. The van der Waals surface area contributed by atoms with Crippen LogP contribution in [0.25, 0.3) is 10.0 Å². The van der Waals surface area contributed by atoms with Gasteiger partial charge in [-0.05, 0) is 0 Å². The molecule has 0 radical (unpaired) electrons. The molecule has 1 unspecified atom stereocenters. The molecule has 0 bridgehead atoms. The van der Waals surface area contributed by atoms with Crippen LogP contribution in [0, 0.1) is 5.92 Å². The Hall–Kier alpha value is -1.08. The molecule has 0 nitrogen and oxygen atoms in total. The molecular weight excluding hydrogens is 347 g/mol. The van der Waals surface area contributed by atoms with Gasteiger partial charge in [0.25, 0.3) is 0 Å². The van der Waals surface area contributed by atoms with E-state index < -0.39 is 8.07 Å². The van der Waals surface area contributed by atoms with Gasteiger partial charge in [0, 0.05) is 0 Å². The molecule has 0 saturated carbocycles. The first kappa shape index (κ1) is 15.8. The van der Waals surface area contributed by atoms with E-state index in [9.17, 15) is 0 Å². The molecule has 3 rings (SSSR count). The van der Waals surface area contributed by atoms with Crippen LogP contribution in [0.15, 0.2) is 60.7 Å². The van der Waals surface area contributed by atoms with Crippen LogP contribution in [0.3, 0.4) is 0 Å². The Balaban J connectivity index is 2.07. The maximum atomic E-state index is 2.50. The third-order valence-corrected chi connectivity index (χ3v) is 8.53. The molecule has 1 atom stereocenters. The van der Waals surface area contributed by atoms with Gasteiger partial charge in [-0.3, -0.25) is 0 Å². The van der Waals surface area contributed by atoms with Crippen LogP contribution in [0.1, 0.15) is 11.1 Å². The van der Waals surface area contributed by atoms with E-state index >= 15 is 0 Å². The fourth-order valence-corrected chi connectivity index (χ4v) is 8.47. The van der Waals surface area contributed by atoms with Crippen molar-refractivity contribution in [3.8, 4) is 0 Å². The Bertz CT molecular complexity index is 653. The Labute approximate surface area is 141 Å². The normalized spacial score (nSPS) is 18.8. The first-order valence-corrected chi connectivity index (χ1v) is 13.8. The first-order valence-electron chi connectivity index (χ1n) is 8.02. The van der Waals surface area contributed by atoms with Crippen molar-refractivity contribution in [3.63, 3.8) is 0 Å². The number of rotatable bonds is 4. The standard InChI is InChI=1S/C20H24SeSi/c1-22(2,3)15-18-14-21-20(17-12-8-5-9-13-17)19(18)16-10-6-4-7-11-16/h4-13,18H,14-15H2,1-3H3. The van der Waals surface area contributed by atoms with Gasteiger partial charge in [-0.15, -0.1) is 0 Å². The maximum absolute atomic E-state index is 2.50. The number of benzene rings is 2. The van der Waals surface area contributed by atoms with E-state index in [1.165, 1.54) is 22.5 Å². The van der Waals surface area contributed by atoms with Gasteiger partial charge in [0.05, 0.1) is 0 Å². The fourth-order valence-electron chi connectivity index (χ4n) is 3.24. The summed E-state index contributed by atoms with van der Waals surface area (Å²) in [6, 6.07) is 23.5. The molecule has 1 heterocycles. The Morgan fingerprint density at radius 2 is 1.41 bits per heavy atom. The van der Waals surface area contributed by atoms with Crippen molar-refractivity contribution in [3.05, 3.63) is 71.8 Å². The molecule has 2 aromatic carbocycles. The molecule has 114 valence electrons. The predicted molar refractivity (Wildman–Crippen MR) is 102 cm³/mol. The number of allylic oxidation sites excluding steroid dienone is 1. The molecule has 2 aromatic rings. The minimum absolute atomic E-state index is 0.608. The average molecular weight is 371 g/mol. The molecule has 1 aliphatic rings. The summed E-state index contributed by atoms with van der Waals surface area (Å²) in [5.41, 5.74) is 4.54. The number of hydrogen-bond acceptors (Lipinski definition) is 0. The van der Waals surface area contributed by atoms with Crippen LogP contribution in [-0.2, 0) is 0 Å². The Morgan fingerprint density at radius 3 is 1.95 bits per heavy atom. The second-order valence-corrected chi connectivity index (χ2v) is 14.9. The van der Waals surface area contributed by atoms with Crippen molar-refractivity contribution < 1.29 is 0 Å². The Morgan fingerprint density at radius 1 is 0.864 bits per heavy atom. The van der Waals surface area contributed by atoms with Crippen LogP contribution in [0.2, 0.25) is 31.0 Å². The molecule has 0 spiro atoms. The molecule has 0 amide bonds. The number of hydrogen-bond donors (Lipinski definition) is 0. The predicted octanol–water partition coefficient (Wildman–Crippen LogP) is 5.65. The summed E-state index contributed by atoms with van der Waals surface area (Å²) in [7, 11) is -1.05. The van der Waals surface area contributed by atoms with Gasteiger partial charge >= 0.3 is 142 Å². The molecule has 22 heavy (non-hydrogen) atoms. The minimum atomic E-state index is -1.05. The zero-order valence-electron chi connectivity index (χ0n) is 13.7. The molecule has 0 N–H and O–H groups in total. The van der Waals surface area contributed by atoms with Crippen molar-refractivity contribution in [2.45, 2.75) is 31.0 Å². The quantitative estimate of drug-likeness (QED) is 0.610. The van der Waals surface area contributed by atoms with E-state index in [1.54, 1.807) is 10.0 Å². The molecule has 0 aliphatic carbocycles. The summed E-state index contributed by atoms with van der Waals surface area (Å²) in [6.07, 6.45) is 0. The van der Waals surface area contributed by atoms with Gasteiger partial charge in [0.15, 0.2) is 0 Å². The molecule has 1 aliphatic heterocycles. The molecular formula is C20H24SeSi. The van der Waals surface area contributed by atoms with E-state index in [1.807, 2.05) is 0 Å². The van der Waals surface area contributed by atoms with Gasteiger partial charge in [0.2, 0.25) is 0 Å². The third kappa shape index (κ3) is 3.63. The van der Waals surface area contributed by atoms with Gasteiger partial charge in [-0.2, -0.15) is 0 Å². The van der Waals surface area contributed by atoms with Crippen LogP contribution in [0.5, 0.6) is 0 Å². The molecule has 0 fully saturated rings. The third-order valence-electron chi connectivity index (χ3n) is 4.06. The van der Waals surface area contributed by atoms with E-state index in [-0.39, 0.29) is 0 Å². The molecule has 2 heteroatoms. The van der Waals surface area contributed by atoms with Crippen molar-refractivity contribution in [1.29, 1.82) is 0 Å². The van der Waals surface area contributed by atoms with Crippen LogP contribution >= 0.6 is 0 Å². The van der Waals surface area contributed by atoms with E-state index in [4.69, 9.17) is 0 Å². The summed E-state index contributed by atoms with van der Waals surface area (Å²) in [5, 5.41) is 1.38. The molecule has 0 saturated heterocycles. The van der Waals surface area contributed by atoms with E-state index in [2.05, 4.69) is 80.3 Å². The van der Waals surface area contributed by atoms with Gasteiger partial charge in [-0.1, -0.05) is 0 Å². The van der Waals surface area contributed by atoms with Crippen LogP contribution < -0.4 is 0 Å². The monoisotopic (exact) mass is 372 g/mol. The topological polar surface area (TPSA) is 0 Å². The zero-order chi connectivity index (χ0) is 15.6. The van der Waals surface area contributed by atoms with Gasteiger partial charge in [0.1, 0.15) is 0 Å². The molecule has 0 aromatic heterocycles. The van der Waals surface area contributed by atoms with Crippen molar-refractivity contribution in [1.82, 2.24) is 0 Å². The summed E-state index contributed by atoms with van der Waals surface area (Å²) in [6.45, 7) is 7.51. The fraction of sp³-hybridized carbons (Fsp3) is 0.300. The second kappa shape index (κ2) is 6.58. The zero-order valence-corrected chi connectivity index (χ0v) is 16.4. The SMILES string of the molecule is C[Si](C)(C)CC1C[Se]C(c2ccccc2)=C1c1ccccc1. The second-order valence-electron chi connectivity index (χ2n) is 7.25. The van der Waals surface area contributed by atoms with Gasteiger partial charge in [-0.25, -0.2) is 0 Å². The van der Waals surface area contributed by atoms with Crippen molar-refractivity contribution >= 4 is 33.1 Å².